The topological polar surface area (TPSA) is 15.8 Å². The lowest BCUT2D eigenvalue weighted by atomic mass is 9.98. The highest BCUT2D eigenvalue weighted by molar-refractivity contribution is 5.28. The smallest absolute Gasteiger partial charge is 0.0153 e. The SMILES string of the molecule is Cc1cc(C2CCCC2)c(C)[nH]1. The molecule has 1 N–H and O–H groups in total. The lowest BCUT2D eigenvalue weighted by Crippen LogP contribution is -1.91. The maximum Gasteiger partial charge on any atom is 0.0153 e. The molecule has 0 atom stereocenters. The first-order valence-electron chi connectivity index (χ1n) is 4.93. The van der Waals surface area contributed by atoms with Crippen LogP contribution in [0.1, 0.15) is 48.6 Å². The molecule has 1 nitrogen and oxygen atoms in total. The summed E-state index contributed by atoms with van der Waals surface area (Å²) in [5.74, 6) is 0.856. The summed E-state index contributed by atoms with van der Waals surface area (Å²) in [5, 5.41) is 0. The van der Waals surface area contributed by atoms with E-state index < -0.39 is 0 Å². The molecule has 0 aromatic carbocycles. The molecule has 1 aromatic heterocycles. The van der Waals surface area contributed by atoms with Crippen LogP contribution in [0.3, 0.4) is 0 Å². The normalized spacial score (nSPS) is 18.8. The van der Waals surface area contributed by atoms with Crippen LogP contribution in [0.5, 0.6) is 0 Å². The zero-order chi connectivity index (χ0) is 8.55. The maximum atomic E-state index is 3.38. The quantitative estimate of drug-likeness (QED) is 0.654. The van der Waals surface area contributed by atoms with Crippen molar-refractivity contribution in [2.45, 2.75) is 45.4 Å². The summed E-state index contributed by atoms with van der Waals surface area (Å²) in [7, 11) is 0. The molecule has 1 fully saturated rings. The number of H-pyrrole nitrogens is 1. The third kappa shape index (κ3) is 1.28. The Balaban J connectivity index is 2.25. The standard InChI is InChI=1S/C11H17N/c1-8-7-11(9(2)12-8)10-5-3-4-6-10/h7,10,12H,3-6H2,1-2H3. The number of rotatable bonds is 1. The molecule has 0 radical (unpaired) electrons. The highest BCUT2D eigenvalue weighted by atomic mass is 14.7. The van der Waals surface area contributed by atoms with Crippen molar-refractivity contribution in [1.29, 1.82) is 0 Å². The lowest BCUT2D eigenvalue weighted by Gasteiger charge is -2.07. The van der Waals surface area contributed by atoms with Gasteiger partial charge in [0.25, 0.3) is 0 Å². The van der Waals surface area contributed by atoms with Crippen molar-refractivity contribution in [1.82, 2.24) is 4.98 Å². The molecule has 1 heterocycles. The molecule has 1 aliphatic rings. The van der Waals surface area contributed by atoms with Crippen LogP contribution in [0.15, 0.2) is 6.07 Å². The Morgan fingerprint density at radius 3 is 2.42 bits per heavy atom. The highest BCUT2D eigenvalue weighted by Crippen LogP contribution is 2.35. The molecule has 0 aliphatic heterocycles. The van der Waals surface area contributed by atoms with Gasteiger partial charge in [0.05, 0.1) is 0 Å². The molecular weight excluding hydrogens is 146 g/mol. The van der Waals surface area contributed by atoms with Crippen molar-refractivity contribution in [3.05, 3.63) is 23.0 Å². The Bertz CT molecular complexity index is 267. The Hall–Kier alpha value is -0.720. The van der Waals surface area contributed by atoms with Gasteiger partial charge >= 0.3 is 0 Å². The van der Waals surface area contributed by atoms with Gasteiger partial charge in [0, 0.05) is 11.4 Å². The number of nitrogens with one attached hydrogen (secondary N) is 1. The van der Waals surface area contributed by atoms with Gasteiger partial charge in [-0.2, -0.15) is 0 Å². The molecule has 1 saturated carbocycles. The monoisotopic (exact) mass is 163 g/mol. The Morgan fingerprint density at radius 1 is 1.25 bits per heavy atom. The fourth-order valence-electron chi connectivity index (χ4n) is 2.41. The largest absolute Gasteiger partial charge is 0.362 e. The van der Waals surface area contributed by atoms with E-state index in [9.17, 15) is 0 Å². The van der Waals surface area contributed by atoms with Gasteiger partial charge in [-0.05, 0) is 44.2 Å². The zero-order valence-corrected chi connectivity index (χ0v) is 7.98. The van der Waals surface area contributed by atoms with Crippen molar-refractivity contribution in [2.24, 2.45) is 0 Å². The molecule has 0 saturated heterocycles. The van der Waals surface area contributed by atoms with E-state index in [1.54, 1.807) is 5.56 Å². The van der Waals surface area contributed by atoms with Gasteiger partial charge in [0.15, 0.2) is 0 Å². The third-order valence-corrected chi connectivity index (χ3v) is 2.98. The first kappa shape index (κ1) is 7.90. The van der Waals surface area contributed by atoms with Gasteiger partial charge in [0.2, 0.25) is 0 Å². The molecular formula is C11H17N. The average Bonchev–Trinajstić information content (AvgIpc) is 2.58. The zero-order valence-electron chi connectivity index (χ0n) is 7.98. The molecule has 0 unspecified atom stereocenters. The van der Waals surface area contributed by atoms with E-state index in [0.717, 1.165) is 5.92 Å². The summed E-state index contributed by atoms with van der Waals surface area (Å²) in [5.41, 5.74) is 4.28. The summed E-state index contributed by atoms with van der Waals surface area (Å²) in [6.45, 7) is 4.34. The Labute approximate surface area is 74.2 Å². The second kappa shape index (κ2) is 2.96. The van der Waals surface area contributed by atoms with E-state index in [1.165, 1.54) is 37.1 Å². The second-order valence-electron chi connectivity index (χ2n) is 4.01. The molecule has 0 amide bonds. The minimum Gasteiger partial charge on any atom is -0.362 e. The summed E-state index contributed by atoms with van der Waals surface area (Å²) >= 11 is 0. The molecule has 12 heavy (non-hydrogen) atoms. The van der Waals surface area contributed by atoms with Gasteiger partial charge in [-0.25, -0.2) is 0 Å². The molecule has 1 aliphatic carbocycles. The number of aryl methyl sites for hydroxylation is 2. The van der Waals surface area contributed by atoms with Crippen LogP contribution in [0, 0.1) is 13.8 Å². The van der Waals surface area contributed by atoms with E-state index in [-0.39, 0.29) is 0 Å². The molecule has 66 valence electrons. The Morgan fingerprint density at radius 2 is 1.92 bits per heavy atom. The van der Waals surface area contributed by atoms with Crippen molar-refractivity contribution in [2.75, 3.05) is 0 Å². The van der Waals surface area contributed by atoms with Crippen LogP contribution in [0.4, 0.5) is 0 Å². The fourth-order valence-corrected chi connectivity index (χ4v) is 2.41. The van der Waals surface area contributed by atoms with Gasteiger partial charge in [-0.15, -0.1) is 0 Å². The van der Waals surface area contributed by atoms with E-state index in [1.807, 2.05) is 0 Å². The summed E-state index contributed by atoms with van der Waals surface area (Å²) in [6, 6.07) is 2.32. The van der Waals surface area contributed by atoms with E-state index >= 15 is 0 Å². The predicted octanol–water partition coefficient (Wildman–Crippen LogP) is 3.29. The maximum absolute atomic E-state index is 3.38. The summed E-state index contributed by atoms with van der Waals surface area (Å²) in [4.78, 5) is 3.38. The minimum absolute atomic E-state index is 0.856. The second-order valence-corrected chi connectivity index (χ2v) is 4.01. The first-order valence-corrected chi connectivity index (χ1v) is 4.93. The van der Waals surface area contributed by atoms with Crippen LogP contribution in [0.2, 0.25) is 0 Å². The van der Waals surface area contributed by atoms with Gasteiger partial charge in [-0.3, -0.25) is 0 Å². The summed E-state index contributed by atoms with van der Waals surface area (Å²) < 4.78 is 0. The van der Waals surface area contributed by atoms with Crippen LogP contribution in [-0.2, 0) is 0 Å². The van der Waals surface area contributed by atoms with Crippen LogP contribution >= 0.6 is 0 Å². The van der Waals surface area contributed by atoms with Crippen LogP contribution in [0.25, 0.3) is 0 Å². The minimum atomic E-state index is 0.856. The van der Waals surface area contributed by atoms with Crippen molar-refractivity contribution >= 4 is 0 Å². The van der Waals surface area contributed by atoms with E-state index in [4.69, 9.17) is 0 Å². The van der Waals surface area contributed by atoms with Gasteiger partial charge < -0.3 is 4.98 Å². The molecule has 0 bridgehead atoms. The number of hydrogen-bond donors (Lipinski definition) is 1. The fraction of sp³-hybridized carbons (Fsp3) is 0.636. The van der Waals surface area contributed by atoms with Crippen molar-refractivity contribution in [3.63, 3.8) is 0 Å². The number of aromatic nitrogens is 1. The molecule has 0 spiro atoms. The Kier molecular flexibility index (Phi) is 1.95. The average molecular weight is 163 g/mol. The lowest BCUT2D eigenvalue weighted by molar-refractivity contribution is 0.718. The molecule has 1 aromatic rings. The third-order valence-electron chi connectivity index (χ3n) is 2.98. The van der Waals surface area contributed by atoms with E-state index in [0.29, 0.717) is 0 Å². The molecule has 1 heteroatoms. The molecule has 2 rings (SSSR count). The number of hydrogen-bond acceptors (Lipinski definition) is 0. The van der Waals surface area contributed by atoms with Crippen molar-refractivity contribution in [3.8, 4) is 0 Å². The van der Waals surface area contributed by atoms with Crippen molar-refractivity contribution < 1.29 is 0 Å². The number of aromatic amines is 1. The van der Waals surface area contributed by atoms with Gasteiger partial charge in [0.1, 0.15) is 0 Å². The van der Waals surface area contributed by atoms with E-state index in [2.05, 4.69) is 24.9 Å². The summed E-state index contributed by atoms with van der Waals surface area (Å²) in [6.07, 6.45) is 5.65. The van der Waals surface area contributed by atoms with Crippen LogP contribution in [-0.4, -0.2) is 4.98 Å². The predicted molar refractivity (Wildman–Crippen MR) is 51.5 cm³/mol. The van der Waals surface area contributed by atoms with Gasteiger partial charge in [-0.1, -0.05) is 12.8 Å². The highest BCUT2D eigenvalue weighted by Gasteiger charge is 2.19. The first-order chi connectivity index (χ1) is 5.77. The van der Waals surface area contributed by atoms with Crippen LogP contribution < -0.4 is 0 Å².